The van der Waals surface area contributed by atoms with Crippen LogP contribution in [0.4, 0.5) is 0 Å². The molecular formula is C45H29N3O. The Bertz CT molecular complexity index is 2520. The van der Waals surface area contributed by atoms with Crippen molar-refractivity contribution >= 4 is 21.9 Å². The molecule has 0 aliphatic carbocycles. The van der Waals surface area contributed by atoms with Crippen molar-refractivity contribution in [1.82, 2.24) is 15.0 Å². The van der Waals surface area contributed by atoms with Crippen molar-refractivity contribution in [1.29, 1.82) is 0 Å². The van der Waals surface area contributed by atoms with Crippen molar-refractivity contribution in [3.05, 3.63) is 176 Å². The van der Waals surface area contributed by atoms with Crippen LogP contribution in [0.3, 0.4) is 0 Å². The van der Waals surface area contributed by atoms with E-state index in [2.05, 4.69) is 97.1 Å². The second kappa shape index (κ2) is 12.2. The highest BCUT2D eigenvalue weighted by molar-refractivity contribution is 6.12. The maximum Gasteiger partial charge on any atom is 0.167 e. The van der Waals surface area contributed by atoms with Gasteiger partial charge in [-0.1, -0.05) is 164 Å². The van der Waals surface area contributed by atoms with Gasteiger partial charge in [-0.15, -0.1) is 0 Å². The van der Waals surface area contributed by atoms with E-state index < -0.39 is 0 Å². The van der Waals surface area contributed by atoms with E-state index in [0.717, 1.165) is 55.3 Å². The number of furan rings is 1. The van der Waals surface area contributed by atoms with Crippen LogP contribution in [-0.2, 0) is 0 Å². The maximum atomic E-state index is 6.82. The lowest BCUT2D eigenvalue weighted by Crippen LogP contribution is -2.00. The van der Waals surface area contributed by atoms with Crippen LogP contribution in [0.25, 0.3) is 89.5 Å². The lowest BCUT2D eigenvalue weighted by Gasteiger charge is -2.08. The fourth-order valence-corrected chi connectivity index (χ4v) is 6.50. The van der Waals surface area contributed by atoms with Crippen LogP contribution in [-0.4, -0.2) is 15.0 Å². The van der Waals surface area contributed by atoms with Crippen LogP contribution < -0.4 is 0 Å². The summed E-state index contributed by atoms with van der Waals surface area (Å²) in [5.74, 6) is 1.80. The van der Waals surface area contributed by atoms with E-state index >= 15 is 0 Å². The van der Waals surface area contributed by atoms with Crippen molar-refractivity contribution < 1.29 is 4.42 Å². The van der Waals surface area contributed by atoms with E-state index in [4.69, 9.17) is 19.4 Å². The minimum Gasteiger partial charge on any atom is -0.455 e. The van der Waals surface area contributed by atoms with Gasteiger partial charge in [0.15, 0.2) is 17.5 Å². The third-order valence-electron chi connectivity index (χ3n) is 8.96. The minimum absolute atomic E-state index is 0.569. The van der Waals surface area contributed by atoms with Crippen LogP contribution >= 0.6 is 0 Å². The molecule has 0 bridgehead atoms. The normalized spacial score (nSPS) is 11.3. The number of hydrogen-bond donors (Lipinski definition) is 0. The van der Waals surface area contributed by atoms with Gasteiger partial charge in [0.1, 0.15) is 11.2 Å². The first-order valence-electron chi connectivity index (χ1n) is 16.4. The number of nitrogens with zero attached hydrogens (tertiary/aromatic N) is 3. The summed E-state index contributed by atoms with van der Waals surface area (Å²) < 4.78 is 6.82. The molecule has 0 unspecified atom stereocenters. The SMILES string of the molecule is c1ccc(-c2ccc(-c3cccc(-c4cccc5c4oc4c(-c6nc(-c7ccccc7)nc(-c7ccccc7)n6)cccc45)c3)cc2)cc1. The third kappa shape index (κ3) is 5.35. The molecule has 0 aliphatic heterocycles. The van der Waals surface area contributed by atoms with Gasteiger partial charge in [0.25, 0.3) is 0 Å². The molecule has 0 amide bonds. The van der Waals surface area contributed by atoms with E-state index in [1.807, 2.05) is 78.9 Å². The zero-order valence-electron chi connectivity index (χ0n) is 26.5. The van der Waals surface area contributed by atoms with Crippen molar-refractivity contribution in [2.24, 2.45) is 0 Å². The zero-order chi connectivity index (χ0) is 32.6. The lowest BCUT2D eigenvalue weighted by atomic mass is 9.96. The van der Waals surface area contributed by atoms with Crippen molar-refractivity contribution in [2.75, 3.05) is 0 Å². The molecule has 0 saturated heterocycles. The predicted molar refractivity (Wildman–Crippen MR) is 200 cm³/mol. The van der Waals surface area contributed by atoms with Gasteiger partial charge in [0.2, 0.25) is 0 Å². The fourth-order valence-electron chi connectivity index (χ4n) is 6.50. The Hall–Kier alpha value is -6.65. The Labute approximate surface area is 284 Å². The van der Waals surface area contributed by atoms with E-state index in [-0.39, 0.29) is 0 Å². The smallest absolute Gasteiger partial charge is 0.167 e. The second-order valence-electron chi connectivity index (χ2n) is 12.0. The topological polar surface area (TPSA) is 51.8 Å². The summed E-state index contributed by atoms with van der Waals surface area (Å²) in [7, 11) is 0. The molecule has 0 atom stereocenters. The minimum atomic E-state index is 0.569. The summed E-state index contributed by atoms with van der Waals surface area (Å²) >= 11 is 0. The first-order valence-corrected chi connectivity index (χ1v) is 16.4. The quantitative estimate of drug-likeness (QED) is 0.184. The van der Waals surface area contributed by atoms with Gasteiger partial charge in [-0.2, -0.15) is 0 Å². The number of para-hydroxylation sites is 2. The molecule has 0 saturated carbocycles. The average molecular weight is 628 g/mol. The summed E-state index contributed by atoms with van der Waals surface area (Å²) in [4.78, 5) is 14.9. The van der Waals surface area contributed by atoms with Crippen LogP contribution in [0.5, 0.6) is 0 Å². The molecule has 7 aromatic carbocycles. The highest BCUT2D eigenvalue weighted by atomic mass is 16.3. The maximum absolute atomic E-state index is 6.82. The molecule has 0 aliphatic rings. The molecule has 4 heteroatoms. The molecule has 49 heavy (non-hydrogen) atoms. The fraction of sp³-hybridized carbons (Fsp3) is 0. The predicted octanol–water partition coefficient (Wildman–Crippen LogP) is 11.8. The monoisotopic (exact) mass is 627 g/mol. The molecule has 2 aromatic heterocycles. The average Bonchev–Trinajstić information content (AvgIpc) is 3.58. The number of aromatic nitrogens is 3. The van der Waals surface area contributed by atoms with Gasteiger partial charge in [0, 0.05) is 27.5 Å². The first kappa shape index (κ1) is 28.6. The molecular weight excluding hydrogens is 599 g/mol. The van der Waals surface area contributed by atoms with E-state index in [1.165, 1.54) is 16.7 Å². The number of fused-ring (bicyclic) bond motifs is 3. The van der Waals surface area contributed by atoms with Crippen LogP contribution in [0, 0.1) is 0 Å². The lowest BCUT2D eigenvalue weighted by molar-refractivity contribution is 0.670. The Morgan fingerprint density at radius 1 is 0.286 bits per heavy atom. The summed E-state index contributed by atoms with van der Waals surface area (Å²) in [5, 5.41) is 2.07. The summed E-state index contributed by atoms with van der Waals surface area (Å²) in [5.41, 5.74) is 11.1. The molecule has 9 rings (SSSR count). The van der Waals surface area contributed by atoms with Gasteiger partial charge < -0.3 is 4.42 Å². The van der Waals surface area contributed by atoms with E-state index in [9.17, 15) is 0 Å². The summed E-state index contributed by atoms with van der Waals surface area (Å²) in [6, 6.07) is 60.5. The standard InChI is InChI=1S/C45H29N3O/c1-4-13-30(14-5-1)31-25-27-32(28-26-31)35-19-10-20-36(29-35)37-21-11-22-38-39-23-12-24-40(42(39)49-41(37)38)45-47-43(33-15-6-2-7-16-33)46-44(48-45)34-17-8-3-9-18-34/h1-29H. The highest BCUT2D eigenvalue weighted by Gasteiger charge is 2.19. The zero-order valence-corrected chi connectivity index (χ0v) is 26.5. The van der Waals surface area contributed by atoms with E-state index in [1.54, 1.807) is 0 Å². The molecule has 0 radical (unpaired) electrons. The van der Waals surface area contributed by atoms with Crippen molar-refractivity contribution in [3.8, 4) is 67.5 Å². The van der Waals surface area contributed by atoms with Crippen LogP contribution in [0.2, 0.25) is 0 Å². The summed E-state index contributed by atoms with van der Waals surface area (Å²) in [6.45, 7) is 0. The van der Waals surface area contributed by atoms with E-state index in [0.29, 0.717) is 17.5 Å². The Morgan fingerprint density at radius 3 is 1.29 bits per heavy atom. The highest BCUT2D eigenvalue weighted by Crippen LogP contribution is 2.40. The number of rotatable bonds is 6. The van der Waals surface area contributed by atoms with Gasteiger partial charge >= 0.3 is 0 Å². The molecule has 4 nitrogen and oxygen atoms in total. The third-order valence-corrected chi connectivity index (χ3v) is 8.96. The van der Waals surface area contributed by atoms with Gasteiger partial charge in [-0.25, -0.2) is 15.0 Å². The Kier molecular flexibility index (Phi) is 7.10. The molecule has 2 heterocycles. The Balaban J connectivity index is 1.16. The second-order valence-corrected chi connectivity index (χ2v) is 12.0. The van der Waals surface area contributed by atoms with Crippen LogP contribution in [0.15, 0.2) is 180 Å². The largest absolute Gasteiger partial charge is 0.455 e. The number of hydrogen-bond acceptors (Lipinski definition) is 4. The molecule has 0 fully saturated rings. The molecule has 230 valence electrons. The molecule has 0 N–H and O–H groups in total. The van der Waals surface area contributed by atoms with Crippen molar-refractivity contribution in [3.63, 3.8) is 0 Å². The summed E-state index contributed by atoms with van der Waals surface area (Å²) in [6.07, 6.45) is 0. The molecule has 9 aromatic rings. The van der Waals surface area contributed by atoms with Gasteiger partial charge in [-0.3, -0.25) is 0 Å². The Morgan fingerprint density at radius 2 is 0.694 bits per heavy atom. The number of benzene rings is 7. The molecule has 0 spiro atoms. The van der Waals surface area contributed by atoms with Gasteiger partial charge in [0.05, 0.1) is 5.56 Å². The van der Waals surface area contributed by atoms with Crippen molar-refractivity contribution in [2.45, 2.75) is 0 Å². The first-order chi connectivity index (χ1) is 24.3. The van der Waals surface area contributed by atoms with Crippen LogP contribution in [0.1, 0.15) is 0 Å². The van der Waals surface area contributed by atoms with Gasteiger partial charge in [-0.05, 0) is 39.9 Å².